The van der Waals surface area contributed by atoms with Crippen LogP contribution in [0.2, 0.25) is 0 Å². The van der Waals surface area contributed by atoms with Crippen molar-refractivity contribution in [3.8, 4) is 0 Å². The van der Waals surface area contributed by atoms with Gasteiger partial charge in [0.15, 0.2) is 0 Å². The molecular formula is C8H10N4O. The quantitative estimate of drug-likeness (QED) is 0.433. The molecule has 5 heteroatoms. The number of aromatic nitrogens is 1. The van der Waals surface area contributed by atoms with Gasteiger partial charge in [-0.25, -0.2) is 0 Å². The van der Waals surface area contributed by atoms with Crippen molar-refractivity contribution in [2.24, 2.45) is 5.11 Å². The Kier molecular flexibility index (Phi) is 3.75. The lowest BCUT2D eigenvalue weighted by molar-refractivity contribution is 0.275. The highest BCUT2D eigenvalue weighted by Gasteiger charge is 2.08. The summed E-state index contributed by atoms with van der Waals surface area (Å²) in [5, 5.41) is 12.3. The van der Waals surface area contributed by atoms with Gasteiger partial charge in [-0.3, -0.25) is 4.98 Å². The Morgan fingerprint density at radius 2 is 2.46 bits per heavy atom. The van der Waals surface area contributed by atoms with Crippen LogP contribution in [-0.4, -0.2) is 16.7 Å². The number of rotatable bonds is 4. The Hall–Kier alpha value is -1.58. The average molecular weight is 178 g/mol. The molecule has 1 heterocycles. The van der Waals surface area contributed by atoms with Gasteiger partial charge in [-0.1, -0.05) is 11.2 Å². The molecule has 0 aromatic carbocycles. The summed E-state index contributed by atoms with van der Waals surface area (Å²) in [5.74, 6) is 0. The molecule has 68 valence electrons. The molecule has 5 nitrogen and oxygen atoms in total. The first-order valence-corrected chi connectivity index (χ1v) is 3.94. The zero-order chi connectivity index (χ0) is 9.52. The van der Waals surface area contributed by atoms with Crippen molar-refractivity contribution in [1.29, 1.82) is 0 Å². The molecule has 0 saturated heterocycles. The van der Waals surface area contributed by atoms with E-state index < -0.39 is 0 Å². The molecular weight excluding hydrogens is 168 g/mol. The molecule has 0 bridgehead atoms. The largest absolute Gasteiger partial charge is 0.396 e. The number of aliphatic hydroxyl groups is 1. The SMILES string of the molecule is [N-]=[N+]=NC(CCO)c1ccccn1. The molecule has 0 saturated carbocycles. The summed E-state index contributed by atoms with van der Waals surface area (Å²) in [6.45, 7) is -0.0136. The van der Waals surface area contributed by atoms with Crippen LogP contribution >= 0.6 is 0 Å². The summed E-state index contributed by atoms with van der Waals surface area (Å²) in [5.41, 5.74) is 8.96. The zero-order valence-corrected chi connectivity index (χ0v) is 7.04. The summed E-state index contributed by atoms with van der Waals surface area (Å²) >= 11 is 0. The van der Waals surface area contributed by atoms with Crippen LogP contribution in [0.4, 0.5) is 0 Å². The van der Waals surface area contributed by atoms with Crippen molar-refractivity contribution in [1.82, 2.24) is 4.98 Å². The van der Waals surface area contributed by atoms with Crippen LogP contribution in [0.1, 0.15) is 18.2 Å². The number of nitrogens with zero attached hydrogens (tertiary/aromatic N) is 4. The standard InChI is InChI=1S/C8H10N4O/c9-12-11-8(4-6-13)7-3-1-2-5-10-7/h1-3,5,8,13H,4,6H2. The topological polar surface area (TPSA) is 81.9 Å². The van der Waals surface area contributed by atoms with Gasteiger partial charge in [-0.15, -0.1) is 0 Å². The summed E-state index contributed by atoms with van der Waals surface area (Å²) in [4.78, 5) is 6.75. The first-order chi connectivity index (χ1) is 6.38. The van der Waals surface area contributed by atoms with E-state index in [0.29, 0.717) is 12.1 Å². The van der Waals surface area contributed by atoms with Gasteiger partial charge >= 0.3 is 0 Å². The molecule has 0 fully saturated rings. The Labute approximate surface area is 75.7 Å². The third-order valence-electron chi connectivity index (χ3n) is 1.62. The second-order valence-corrected chi connectivity index (χ2v) is 2.49. The van der Waals surface area contributed by atoms with Crippen LogP contribution in [0, 0.1) is 0 Å². The monoisotopic (exact) mass is 178 g/mol. The van der Waals surface area contributed by atoms with Crippen molar-refractivity contribution in [2.45, 2.75) is 12.5 Å². The van der Waals surface area contributed by atoms with Gasteiger partial charge < -0.3 is 5.11 Å². The minimum Gasteiger partial charge on any atom is -0.396 e. The normalized spacial score (nSPS) is 11.8. The maximum atomic E-state index is 8.71. The third kappa shape index (κ3) is 2.74. The first kappa shape index (κ1) is 9.51. The van der Waals surface area contributed by atoms with Gasteiger partial charge in [0.1, 0.15) is 0 Å². The first-order valence-electron chi connectivity index (χ1n) is 3.94. The van der Waals surface area contributed by atoms with E-state index in [0.717, 1.165) is 0 Å². The van der Waals surface area contributed by atoms with E-state index in [1.54, 1.807) is 18.3 Å². The molecule has 0 amide bonds. The number of pyridine rings is 1. The van der Waals surface area contributed by atoms with Crippen molar-refractivity contribution in [3.05, 3.63) is 40.5 Å². The second-order valence-electron chi connectivity index (χ2n) is 2.49. The van der Waals surface area contributed by atoms with Gasteiger partial charge in [0.2, 0.25) is 0 Å². The molecule has 1 rings (SSSR count). The van der Waals surface area contributed by atoms with E-state index in [2.05, 4.69) is 15.0 Å². The van der Waals surface area contributed by atoms with E-state index >= 15 is 0 Å². The van der Waals surface area contributed by atoms with Crippen LogP contribution in [0.5, 0.6) is 0 Å². The molecule has 0 spiro atoms. The lowest BCUT2D eigenvalue weighted by Gasteiger charge is -2.07. The average Bonchev–Trinajstić information content (AvgIpc) is 2.19. The molecule has 1 aromatic heterocycles. The summed E-state index contributed by atoms with van der Waals surface area (Å²) in [6.07, 6.45) is 2.04. The van der Waals surface area contributed by atoms with Crippen LogP contribution < -0.4 is 0 Å². The molecule has 0 aliphatic carbocycles. The van der Waals surface area contributed by atoms with Gasteiger partial charge in [0.05, 0.1) is 6.04 Å². The molecule has 1 unspecified atom stereocenters. The zero-order valence-electron chi connectivity index (χ0n) is 7.04. The fraction of sp³-hybridized carbons (Fsp3) is 0.375. The molecule has 1 aromatic rings. The second kappa shape index (κ2) is 5.13. The summed E-state index contributed by atoms with van der Waals surface area (Å²) in [7, 11) is 0. The molecule has 1 N–H and O–H groups in total. The third-order valence-corrected chi connectivity index (χ3v) is 1.62. The van der Waals surface area contributed by atoms with E-state index in [9.17, 15) is 0 Å². The predicted octanol–water partition coefficient (Wildman–Crippen LogP) is 1.82. The van der Waals surface area contributed by atoms with Gasteiger partial charge in [0.25, 0.3) is 0 Å². The molecule has 13 heavy (non-hydrogen) atoms. The summed E-state index contributed by atoms with van der Waals surface area (Å²) in [6, 6.07) is 5.01. The Morgan fingerprint density at radius 3 is 3.00 bits per heavy atom. The predicted molar refractivity (Wildman–Crippen MR) is 47.8 cm³/mol. The maximum Gasteiger partial charge on any atom is 0.0819 e. The van der Waals surface area contributed by atoms with Gasteiger partial charge in [-0.05, 0) is 24.1 Å². The molecule has 0 aliphatic rings. The van der Waals surface area contributed by atoms with Gasteiger partial charge in [-0.2, -0.15) is 0 Å². The Bertz CT molecular complexity index is 294. The van der Waals surface area contributed by atoms with Crippen molar-refractivity contribution < 1.29 is 5.11 Å². The van der Waals surface area contributed by atoms with E-state index in [1.807, 2.05) is 6.07 Å². The smallest absolute Gasteiger partial charge is 0.0819 e. The lowest BCUT2D eigenvalue weighted by Crippen LogP contribution is -1.99. The summed E-state index contributed by atoms with van der Waals surface area (Å²) < 4.78 is 0. The van der Waals surface area contributed by atoms with Crippen LogP contribution in [-0.2, 0) is 0 Å². The van der Waals surface area contributed by atoms with E-state index in [4.69, 9.17) is 10.6 Å². The van der Waals surface area contributed by atoms with Crippen molar-refractivity contribution in [2.75, 3.05) is 6.61 Å². The molecule has 0 radical (unpaired) electrons. The van der Waals surface area contributed by atoms with Crippen molar-refractivity contribution >= 4 is 0 Å². The number of hydrogen-bond donors (Lipinski definition) is 1. The minimum absolute atomic E-state index is 0.0136. The highest BCUT2D eigenvalue weighted by atomic mass is 16.3. The minimum atomic E-state index is -0.365. The highest BCUT2D eigenvalue weighted by molar-refractivity contribution is 5.08. The highest BCUT2D eigenvalue weighted by Crippen LogP contribution is 2.17. The van der Waals surface area contributed by atoms with E-state index in [1.165, 1.54) is 0 Å². The molecule has 1 atom stereocenters. The van der Waals surface area contributed by atoms with Crippen LogP contribution in [0.3, 0.4) is 0 Å². The van der Waals surface area contributed by atoms with Crippen LogP contribution in [0.25, 0.3) is 10.4 Å². The number of aliphatic hydroxyl groups excluding tert-OH is 1. The lowest BCUT2D eigenvalue weighted by atomic mass is 10.1. The fourth-order valence-corrected chi connectivity index (χ4v) is 1.02. The Balaban J connectivity index is 2.81. The van der Waals surface area contributed by atoms with Crippen molar-refractivity contribution in [3.63, 3.8) is 0 Å². The van der Waals surface area contributed by atoms with E-state index in [-0.39, 0.29) is 12.6 Å². The Morgan fingerprint density at radius 1 is 1.62 bits per heavy atom. The fourth-order valence-electron chi connectivity index (χ4n) is 1.02. The molecule has 0 aliphatic heterocycles. The van der Waals surface area contributed by atoms with Crippen LogP contribution in [0.15, 0.2) is 29.5 Å². The number of hydrogen-bond acceptors (Lipinski definition) is 3. The van der Waals surface area contributed by atoms with Gasteiger partial charge in [0, 0.05) is 23.4 Å². The number of azide groups is 1. The maximum absolute atomic E-state index is 8.71.